The number of esters is 1. The second kappa shape index (κ2) is 5.40. The van der Waals surface area contributed by atoms with Crippen LogP contribution < -0.4 is 0 Å². The number of nitrogens with zero attached hydrogens (tertiary/aromatic N) is 1. The summed E-state index contributed by atoms with van der Waals surface area (Å²) in [5.74, 6) is -1.88. The maximum atomic E-state index is 13.4. The van der Waals surface area contributed by atoms with E-state index in [2.05, 4.69) is 9.72 Å². The van der Waals surface area contributed by atoms with E-state index < -0.39 is 11.8 Å². The van der Waals surface area contributed by atoms with E-state index in [1.165, 1.54) is 6.20 Å². The summed E-state index contributed by atoms with van der Waals surface area (Å²) in [6, 6.07) is 9.26. The van der Waals surface area contributed by atoms with Crippen LogP contribution in [0.3, 0.4) is 0 Å². The van der Waals surface area contributed by atoms with Crippen LogP contribution in [0.1, 0.15) is 12.5 Å². The van der Waals surface area contributed by atoms with Crippen LogP contribution in [0.25, 0.3) is 17.0 Å². The highest BCUT2D eigenvalue weighted by molar-refractivity contribution is 5.92. The highest BCUT2D eigenvalue weighted by Crippen LogP contribution is 2.15. The van der Waals surface area contributed by atoms with Crippen LogP contribution in [0.5, 0.6) is 0 Å². The predicted octanol–water partition coefficient (Wildman–Crippen LogP) is 3.11. The molecule has 0 spiro atoms. The smallest absolute Gasteiger partial charge is 0.367 e. The van der Waals surface area contributed by atoms with Gasteiger partial charge in [-0.3, -0.25) is 4.98 Å². The average molecular weight is 245 g/mol. The van der Waals surface area contributed by atoms with Gasteiger partial charge in [-0.25, -0.2) is 4.79 Å². The van der Waals surface area contributed by atoms with Crippen LogP contribution in [0.4, 0.5) is 4.39 Å². The van der Waals surface area contributed by atoms with Gasteiger partial charge in [-0.1, -0.05) is 18.2 Å². The summed E-state index contributed by atoms with van der Waals surface area (Å²) in [6.45, 7) is 1.78. The van der Waals surface area contributed by atoms with Gasteiger partial charge in [0.15, 0.2) is 0 Å². The Morgan fingerprint density at radius 2 is 2.22 bits per heavy atom. The SMILES string of the molecule is CCOC(=O)C(F)=Cc1cnc2ccccc2c1. The third kappa shape index (κ3) is 2.71. The van der Waals surface area contributed by atoms with Gasteiger partial charge in [0.2, 0.25) is 5.83 Å². The second-order valence-electron chi connectivity index (χ2n) is 3.67. The number of aromatic nitrogens is 1. The number of rotatable bonds is 3. The minimum Gasteiger partial charge on any atom is -0.461 e. The van der Waals surface area contributed by atoms with Crippen LogP contribution >= 0.6 is 0 Å². The number of benzene rings is 1. The minimum absolute atomic E-state index is 0.149. The molecular formula is C14H12FNO2. The number of hydrogen-bond acceptors (Lipinski definition) is 3. The van der Waals surface area contributed by atoms with Gasteiger partial charge in [-0.05, 0) is 30.7 Å². The van der Waals surface area contributed by atoms with Gasteiger partial charge in [-0.15, -0.1) is 0 Å². The van der Waals surface area contributed by atoms with Crippen molar-refractivity contribution in [2.24, 2.45) is 0 Å². The third-order valence-corrected chi connectivity index (χ3v) is 2.38. The lowest BCUT2D eigenvalue weighted by molar-refractivity contribution is -0.140. The van der Waals surface area contributed by atoms with Gasteiger partial charge < -0.3 is 4.74 Å². The number of carbonyl (C=O) groups is 1. The molecule has 0 aliphatic carbocycles. The van der Waals surface area contributed by atoms with Crippen LogP contribution in [0.2, 0.25) is 0 Å². The molecule has 3 nitrogen and oxygen atoms in total. The van der Waals surface area contributed by atoms with Crippen molar-refractivity contribution in [1.82, 2.24) is 4.98 Å². The highest BCUT2D eigenvalue weighted by atomic mass is 19.1. The molecule has 1 aromatic carbocycles. The van der Waals surface area contributed by atoms with Crippen molar-refractivity contribution in [2.75, 3.05) is 6.61 Å². The Balaban J connectivity index is 2.31. The van der Waals surface area contributed by atoms with Crippen LogP contribution in [-0.2, 0) is 9.53 Å². The van der Waals surface area contributed by atoms with E-state index in [-0.39, 0.29) is 6.61 Å². The molecule has 2 aromatic rings. The molecular weight excluding hydrogens is 233 g/mol. The van der Waals surface area contributed by atoms with Crippen molar-refractivity contribution in [3.05, 3.63) is 47.9 Å². The lowest BCUT2D eigenvalue weighted by Gasteiger charge is -2.00. The molecule has 92 valence electrons. The molecule has 0 amide bonds. The Bertz CT molecular complexity index is 608. The van der Waals surface area contributed by atoms with Crippen molar-refractivity contribution in [3.8, 4) is 0 Å². The van der Waals surface area contributed by atoms with E-state index in [0.717, 1.165) is 17.0 Å². The van der Waals surface area contributed by atoms with Gasteiger partial charge in [-0.2, -0.15) is 4.39 Å². The Morgan fingerprint density at radius 1 is 1.44 bits per heavy atom. The average Bonchev–Trinajstić information content (AvgIpc) is 2.39. The fraction of sp³-hybridized carbons (Fsp3) is 0.143. The number of hydrogen-bond donors (Lipinski definition) is 0. The fourth-order valence-electron chi connectivity index (χ4n) is 1.57. The summed E-state index contributed by atoms with van der Waals surface area (Å²) in [4.78, 5) is 15.3. The molecule has 18 heavy (non-hydrogen) atoms. The van der Waals surface area contributed by atoms with Gasteiger partial charge in [0.1, 0.15) is 0 Å². The van der Waals surface area contributed by atoms with E-state index in [1.54, 1.807) is 13.0 Å². The molecule has 0 atom stereocenters. The first kappa shape index (κ1) is 12.2. The first-order valence-electron chi connectivity index (χ1n) is 5.60. The van der Waals surface area contributed by atoms with Gasteiger partial charge >= 0.3 is 5.97 Å². The van der Waals surface area contributed by atoms with Crippen molar-refractivity contribution in [1.29, 1.82) is 0 Å². The fourth-order valence-corrected chi connectivity index (χ4v) is 1.57. The summed E-state index contributed by atoms with van der Waals surface area (Å²) >= 11 is 0. The number of ether oxygens (including phenoxy) is 1. The maximum absolute atomic E-state index is 13.4. The van der Waals surface area contributed by atoms with Crippen LogP contribution in [-0.4, -0.2) is 17.6 Å². The number of carbonyl (C=O) groups excluding carboxylic acids is 1. The van der Waals surface area contributed by atoms with Crippen LogP contribution in [0, 0.1) is 0 Å². The second-order valence-corrected chi connectivity index (χ2v) is 3.67. The number of halogens is 1. The first-order chi connectivity index (χ1) is 8.70. The first-order valence-corrected chi connectivity index (χ1v) is 5.60. The molecule has 1 heterocycles. The molecule has 0 fully saturated rings. The van der Waals surface area contributed by atoms with E-state index >= 15 is 0 Å². The number of fused-ring (bicyclic) bond motifs is 1. The maximum Gasteiger partial charge on any atom is 0.367 e. The van der Waals surface area contributed by atoms with E-state index in [1.807, 2.05) is 24.3 Å². The summed E-state index contributed by atoms with van der Waals surface area (Å²) in [7, 11) is 0. The highest BCUT2D eigenvalue weighted by Gasteiger charge is 2.09. The Labute approximate surface area is 104 Å². The molecule has 2 rings (SSSR count). The van der Waals surface area contributed by atoms with E-state index in [9.17, 15) is 9.18 Å². The standard InChI is InChI=1S/C14H12FNO2/c1-2-18-14(17)12(15)8-10-7-11-5-3-4-6-13(11)16-9-10/h3-9H,2H2,1H3. The molecule has 0 aliphatic heterocycles. The van der Waals surface area contributed by atoms with Gasteiger partial charge in [0, 0.05) is 11.6 Å². The lowest BCUT2D eigenvalue weighted by atomic mass is 10.1. The Hall–Kier alpha value is -2.23. The zero-order valence-electron chi connectivity index (χ0n) is 9.89. The zero-order chi connectivity index (χ0) is 13.0. The number of pyridine rings is 1. The Kier molecular flexibility index (Phi) is 3.67. The predicted molar refractivity (Wildman–Crippen MR) is 67.5 cm³/mol. The monoisotopic (exact) mass is 245 g/mol. The zero-order valence-corrected chi connectivity index (χ0v) is 9.89. The van der Waals surface area contributed by atoms with Crippen molar-refractivity contribution < 1.29 is 13.9 Å². The quantitative estimate of drug-likeness (QED) is 0.616. The molecule has 0 saturated heterocycles. The summed E-state index contributed by atoms with van der Waals surface area (Å²) < 4.78 is 18.0. The molecule has 4 heteroatoms. The molecule has 1 aromatic heterocycles. The summed E-state index contributed by atoms with van der Waals surface area (Å²) in [5, 5.41) is 0.892. The largest absolute Gasteiger partial charge is 0.461 e. The molecule has 0 saturated carbocycles. The van der Waals surface area contributed by atoms with Crippen molar-refractivity contribution in [2.45, 2.75) is 6.92 Å². The van der Waals surface area contributed by atoms with Crippen LogP contribution in [0.15, 0.2) is 42.4 Å². The van der Waals surface area contributed by atoms with Crippen molar-refractivity contribution in [3.63, 3.8) is 0 Å². The topological polar surface area (TPSA) is 39.2 Å². The van der Waals surface area contributed by atoms with Crippen molar-refractivity contribution >= 4 is 22.9 Å². The minimum atomic E-state index is -0.953. The number of para-hydroxylation sites is 1. The Morgan fingerprint density at radius 3 is 3.00 bits per heavy atom. The summed E-state index contributed by atoms with van der Waals surface area (Å²) in [5.41, 5.74) is 1.35. The molecule has 0 bridgehead atoms. The van der Waals surface area contributed by atoms with Gasteiger partial charge in [0.25, 0.3) is 0 Å². The van der Waals surface area contributed by atoms with E-state index in [0.29, 0.717) is 5.56 Å². The van der Waals surface area contributed by atoms with Gasteiger partial charge in [0.05, 0.1) is 12.1 Å². The molecule has 0 aliphatic rings. The molecule has 0 radical (unpaired) electrons. The molecule has 0 N–H and O–H groups in total. The lowest BCUT2D eigenvalue weighted by Crippen LogP contribution is -2.03. The third-order valence-electron chi connectivity index (χ3n) is 2.38. The molecule has 0 unspecified atom stereocenters. The normalized spacial score (nSPS) is 11.6. The summed E-state index contributed by atoms with van der Waals surface area (Å²) in [6.07, 6.45) is 2.64. The van der Waals surface area contributed by atoms with E-state index in [4.69, 9.17) is 0 Å².